The number of anilines is 2. The summed E-state index contributed by atoms with van der Waals surface area (Å²) in [6.45, 7) is 14.6. The van der Waals surface area contributed by atoms with E-state index in [0.717, 1.165) is 18.9 Å². The van der Waals surface area contributed by atoms with Gasteiger partial charge in [0.25, 0.3) is 0 Å². The molecular formula is C23H38N6O3Si. The van der Waals surface area contributed by atoms with Crippen molar-refractivity contribution < 1.29 is 14.3 Å². The fourth-order valence-corrected chi connectivity index (χ4v) is 5.00. The number of hydrogen-bond acceptors (Lipinski definition) is 6. The number of fused-ring (bicyclic) bond motifs is 1. The van der Waals surface area contributed by atoms with Crippen molar-refractivity contribution in [2.75, 3.05) is 24.2 Å². The Balaban J connectivity index is 1.79. The first-order valence-corrected chi connectivity index (χ1v) is 15.5. The number of carbonyl (C=O) groups is 2. The van der Waals surface area contributed by atoms with Crippen LogP contribution in [0.15, 0.2) is 12.4 Å². The number of nitrogens with two attached hydrogens (primary N) is 1. The molecule has 3 rings (SSSR count). The lowest BCUT2D eigenvalue weighted by Crippen LogP contribution is -2.52. The maximum atomic E-state index is 13.1. The Morgan fingerprint density at radius 1 is 1.27 bits per heavy atom. The molecule has 0 aromatic carbocycles. The highest BCUT2D eigenvalue weighted by molar-refractivity contribution is 6.76. The number of hydrogen-bond donors (Lipinski definition) is 2. The SMILES string of the molecule is CC(C)[C@H]1CC[C@H](C)CN1C(=O)C(=O)Nc1cnc(N)c2cnn(COCC[Si](C)(C)C)c12. The van der Waals surface area contributed by atoms with E-state index in [1.165, 1.54) is 6.20 Å². The zero-order valence-electron chi connectivity index (χ0n) is 20.7. The number of nitrogens with zero attached hydrogens (tertiary/aromatic N) is 4. The highest BCUT2D eigenvalue weighted by Gasteiger charge is 2.35. The van der Waals surface area contributed by atoms with Gasteiger partial charge >= 0.3 is 11.8 Å². The molecule has 1 saturated heterocycles. The van der Waals surface area contributed by atoms with Crippen LogP contribution in [-0.4, -0.2) is 58.7 Å². The van der Waals surface area contributed by atoms with Gasteiger partial charge in [0, 0.05) is 27.3 Å². The van der Waals surface area contributed by atoms with Gasteiger partial charge in [0.05, 0.1) is 29.0 Å². The molecule has 2 atom stereocenters. The van der Waals surface area contributed by atoms with E-state index < -0.39 is 19.9 Å². The molecule has 1 aliphatic heterocycles. The van der Waals surface area contributed by atoms with Crippen LogP contribution in [-0.2, 0) is 21.1 Å². The summed E-state index contributed by atoms with van der Waals surface area (Å²) >= 11 is 0. The molecule has 2 aromatic rings. The summed E-state index contributed by atoms with van der Waals surface area (Å²) in [4.78, 5) is 32.0. The van der Waals surface area contributed by atoms with Gasteiger partial charge in [0.15, 0.2) is 0 Å². The van der Waals surface area contributed by atoms with Crippen molar-refractivity contribution in [3.63, 3.8) is 0 Å². The molecule has 3 heterocycles. The van der Waals surface area contributed by atoms with Crippen LogP contribution in [0.4, 0.5) is 11.5 Å². The minimum atomic E-state index is -1.21. The molecule has 0 unspecified atom stereocenters. The molecule has 0 spiro atoms. The average Bonchev–Trinajstić information content (AvgIpc) is 3.16. The monoisotopic (exact) mass is 474 g/mol. The number of likely N-dealkylation sites (tertiary alicyclic amines) is 1. The summed E-state index contributed by atoms with van der Waals surface area (Å²) in [7, 11) is -1.21. The van der Waals surface area contributed by atoms with E-state index in [2.05, 4.69) is 55.8 Å². The zero-order valence-corrected chi connectivity index (χ0v) is 21.7. The van der Waals surface area contributed by atoms with E-state index >= 15 is 0 Å². The Labute approximate surface area is 197 Å². The predicted molar refractivity (Wildman–Crippen MR) is 133 cm³/mol. The van der Waals surface area contributed by atoms with Crippen molar-refractivity contribution in [1.82, 2.24) is 19.7 Å². The summed E-state index contributed by atoms with van der Waals surface area (Å²) in [5.74, 6) is -0.213. The van der Waals surface area contributed by atoms with E-state index in [1.807, 2.05) is 0 Å². The van der Waals surface area contributed by atoms with Crippen LogP contribution in [0.1, 0.15) is 33.6 Å². The molecule has 0 bridgehead atoms. The summed E-state index contributed by atoms with van der Waals surface area (Å²) in [6.07, 6.45) is 5.06. The molecule has 1 fully saturated rings. The Kier molecular flexibility index (Phi) is 7.79. The second-order valence-electron chi connectivity index (χ2n) is 10.7. The lowest BCUT2D eigenvalue weighted by atomic mass is 9.88. The van der Waals surface area contributed by atoms with E-state index in [4.69, 9.17) is 10.5 Å². The summed E-state index contributed by atoms with van der Waals surface area (Å²) < 4.78 is 7.49. The number of nitrogens with one attached hydrogen (secondary N) is 1. The van der Waals surface area contributed by atoms with Crippen LogP contribution in [0, 0.1) is 11.8 Å². The standard InChI is InChI=1S/C23H38N6O3Si/c1-15(2)19-8-7-16(3)13-28(19)23(31)22(30)27-18-12-25-21(24)17-11-26-29(20(17)18)14-32-9-10-33(4,5)6/h11-12,15-16,19H,7-10,13-14H2,1-6H3,(H2,24,25)(H,27,30)/t16-,19+/m0/s1. The molecule has 1 aliphatic rings. The Morgan fingerprint density at radius 2 is 2.00 bits per heavy atom. The number of aromatic nitrogens is 3. The molecule has 0 saturated carbocycles. The Morgan fingerprint density at radius 3 is 2.67 bits per heavy atom. The van der Waals surface area contributed by atoms with Crippen LogP contribution >= 0.6 is 0 Å². The van der Waals surface area contributed by atoms with Crippen LogP contribution in [0.5, 0.6) is 0 Å². The Bertz CT molecular complexity index is 1000. The lowest BCUT2D eigenvalue weighted by molar-refractivity contribution is -0.147. The predicted octanol–water partition coefficient (Wildman–Crippen LogP) is 3.55. The number of amides is 2. The topological polar surface area (TPSA) is 115 Å². The molecule has 3 N–H and O–H groups in total. The smallest absolute Gasteiger partial charge is 0.314 e. The summed E-state index contributed by atoms with van der Waals surface area (Å²) in [5.41, 5.74) is 7.04. The minimum Gasteiger partial charge on any atom is -0.383 e. The molecule has 0 aliphatic carbocycles. The number of piperidine rings is 1. The van der Waals surface area contributed by atoms with Crippen LogP contribution in [0.25, 0.3) is 10.9 Å². The Hall–Kier alpha value is -2.46. The summed E-state index contributed by atoms with van der Waals surface area (Å²) in [6, 6.07) is 1.11. The maximum absolute atomic E-state index is 13.1. The van der Waals surface area contributed by atoms with E-state index in [1.54, 1.807) is 15.8 Å². The van der Waals surface area contributed by atoms with Gasteiger partial charge in [-0.15, -0.1) is 0 Å². The molecule has 0 radical (unpaired) electrons. The second-order valence-corrected chi connectivity index (χ2v) is 16.3. The molecule has 2 aromatic heterocycles. The number of carbonyl (C=O) groups excluding carboxylic acids is 2. The van der Waals surface area contributed by atoms with Gasteiger partial charge in [-0.3, -0.25) is 9.59 Å². The van der Waals surface area contributed by atoms with Gasteiger partial charge in [0.2, 0.25) is 0 Å². The molecule has 9 nitrogen and oxygen atoms in total. The maximum Gasteiger partial charge on any atom is 0.314 e. The van der Waals surface area contributed by atoms with Crippen molar-refractivity contribution in [1.29, 1.82) is 0 Å². The highest BCUT2D eigenvalue weighted by Crippen LogP contribution is 2.29. The number of ether oxygens (including phenoxy) is 1. The number of nitrogen functional groups attached to an aromatic ring is 1. The minimum absolute atomic E-state index is 0.0642. The van der Waals surface area contributed by atoms with Crippen LogP contribution in [0.3, 0.4) is 0 Å². The lowest BCUT2D eigenvalue weighted by Gasteiger charge is -2.40. The van der Waals surface area contributed by atoms with E-state index in [0.29, 0.717) is 41.5 Å². The third-order valence-electron chi connectivity index (χ3n) is 6.25. The van der Waals surface area contributed by atoms with Crippen molar-refractivity contribution in [2.24, 2.45) is 11.8 Å². The first kappa shape index (κ1) is 25.2. The van der Waals surface area contributed by atoms with Gasteiger partial charge < -0.3 is 20.7 Å². The van der Waals surface area contributed by atoms with E-state index in [-0.39, 0.29) is 18.7 Å². The average molecular weight is 475 g/mol. The molecule has 182 valence electrons. The van der Waals surface area contributed by atoms with Crippen LogP contribution < -0.4 is 11.1 Å². The quantitative estimate of drug-likeness (QED) is 0.360. The second kappa shape index (κ2) is 10.2. The van der Waals surface area contributed by atoms with Crippen molar-refractivity contribution in [3.8, 4) is 0 Å². The first-order chi connectivity index (χ1) is 15.5. The fourth-order valence-electron chi connectivity index (χ4n) is 4.25. The highest BCUT2D eigenvalue weighted by atomic mass is 28.3. The van der Waals surface area contributed by atoms with Crippen molar-refractivity contribution in [3.05, 3.63) is 12.4 Å². The van der Waals surface area contributed by atoms with Gasteiger partial charge in [-0.05, 0) is 30.7 Å². The third kappa shape index (κ3) is 6.11. The van der Waals surface area contributed by atoms with Gasteiger partial charge in [-0.1, -0.05) is 40.4 Å². The van der Waals surface area contributed by atoms with Gasteiger partial charge in [0.1, 0.15) is 12.5 Å². The zero-order chi connectivity index (χ0) is 24.3. The summed E-state index contributed by atoms with van der Waals surface area (Å²) in [5, 5.41) is 7.75. The van der Waals surface area contributed by atoms with Gasteiger partial charge in [-0.25, -0.2) is 9.67 Å². The number of rotatable bonds is 7. The molecular weight excluding hydrogens is 436 g/mol. The molecule has 33 heavy (non-hydrogen) atoms. The van der Waals surface area contributed by atoms with Crippen LogP contribution in [0.2, 0.25) is 25.7 Å². The van der Waals surface area contributed by atoms with Gasteiger partial charge in [-0.2, -0.15) is 5.10 Å². The molecule has 10 heteroatoms. The molecule has 2 amide bonds. The fraction of sp³-hybridized carbons (Fsp3) is 0.652. The third-order valence-corrected chi connectivity index (χ3v) is 7.95. The van der Waals surface area contributed by atoms with E-state index in [9.17, 15) is 9.59 Å². The normalized spacial score (nSPS) is 19.3. The largest absolute Gasteiger partial charge is 0.383 e. The van der Waals surface area contributed by atoms with Crippen molar-refractivity contribution >= 4 is 42.3 Å². The number of pyridine rings is 1. The van der Waals surface area contributed by atoms with Crippen molar-refractivity contribution in [2.45, 2.75) is 72.1 Å². The first-order valence-electron chi connectivity index (χ1n) is 11.8.